The lowest BCUT2D eigenvalue weighted by Crippen LogP contribution is -2.22. The minimum Gasteiger partial charge on any atom is -0.327 e. The quantitative estimate of drug-likeness (QED) is 0.819. The van der Waals surface area contributed by atoms with Crippen LogP contribution in [-0.4, -0.2) is 11.8 Å². The summed E-state index contributed by atoms with van der Waals surface area (Å²) in [6.07, 6.45) is 1.25. The van der Waals surface area contributed by atoms with E-state index in [0.29, 0.717) is 5.25 Å². The average Bonchev–Trinajstić information content (AvgIpc) is 2.70. The second kappa shape index (κ2) is 6.56. The second-order valence-electron chi connectivity index (χ2n) is 4.14. The normalized spacial score (nSPS) is 17.3. The van der Waals surface area contributed by atoms with Crippen LogP contribution in [0, 0.1) is 5.92 Å². The van der Waals surface area contributed by atoms with Crippen LogP contribution in [0.2, 0.25) is 0 Å². The molecule has 3 atom stereocenters. The van der Waals surface area contributed by atoms with Crippen molar-refractivity contribution in [2.45, 2.75) is 38.5 Å². The van der Waals surface area contributed by atoms with E-state index < -0.39 is 0 Å². The van der Waals surface area contributed by atoms with Gasteiger partial charge < -0.3 is 5.73 Å². The molecular weight excluding hydrogens is 222 g/mol. The molecule has 0 bridgehead atoms. The van der Waals surface area contributed by atoms with Crippen molar-refractivity contribution in [1.29, 1.82) is 0 Å². The van der Waals surface area contributed by atoms with Crippen molar-refractivity contribution in [2.24, 2.45) is 11.7 Å². The zero-order valence-electron chi connectivity index (χ0n) is 9.77. The zero-order chi connectivity index (χ0) is 11.3. The highest BCUT2D eigenvalue weighted by atomic mass is 32.2. The maximum atomic E-state index is 6.04. The molecule has 0 aliphatic heterocycles. The highest BCUT2D eigenvalue weighted by Gasteiger charge is 2.18. The summed E-state index contributed by atoms with van der Waals surface area (Å²) in [5, 5.41) is 2.60. The Balaban J connectivity index is 2.53. The first kappa shape index (κ1) is 13.1. The van der Waals surface area contributed by atoms with Gasteiger partial charge in [-0.15, -0.1) is 11.3 Å². The van der Waals surface area contributed by atoms with Crippen molar-refractivity contribution in [3.63, 3.8) is 0 Å². The van der Waals surface area contributed by atoms with Gasteiger partial charge in [0, 0.05) is 10.9 Å². The van der Waals surface area contributed by atoms with E-state index in [1.54, 1.807) is 0 Å². The third-order valence-electron chi connectivity index (χ3n) is 2.56. The molecule has 1 aromatic rings. The molecule has 0 saturated carbocycles. The molecule has 1 nitrogen and oxygen atoms in total. The first-order chi connectivity index (χ1) is 7.15. The maximum Gasteiger partial charge on any atom is 0.0539 e. The van der Waals surface area contributed by atoms with Gasteiger partial charge in [0.1, 0.15) is 0 Å². The fraction of sp³-hybridized carbons (Fsp3) is 0.667. The van der Waals surface area contributed by atoms with Gasteiger partial charge in [0.15, 0.2) is 0 Å². The predicted molar refractivity (Wildman–Crippen MR) is 72.6 cm³/mol. The lowest BCUT2D eigenvalue weighted by atomic mass is 10.2. The van der Waals surface area contributed by atoms with Crippen LogP contribution in [0.4, 0.5) is 0 Å². The van der Waals surface area contributed by atoms with Gasteiger partial charge in [-0.25, -0.2) is 0 Å². The van der Waals surface area contributed by atoms with E-state index >= 15 is 0 Å². The summed E-state index contributed by atoms with van der Waals surface area (Å²) in [5.74, 6) is 2.00. The summed E-state index contributed by atoms with van der Waals surface area (Å²) in [4.78, 5) is 1.42. The van der Waals surface area contributed by atoms with Gasteiger partial charge >= 0.3 is 0 Å². The summed E-state index contributed by atoms with van der Waals surface area (Å²) in [7, 11) is 0. The van der Waals surface area contributed by atoms with Gasteiger partial charge in [0.25, 0.3) is 0 Å². The minimum atomic E-state index is 0.234. The Morgan fingerprint density at radius 2 is 2.20 bits per heavy atom. The van der Waals surface area contributed by atoms with Crippen molar-refractivity contribution >= 4 is 23.1 Å². The van der Waals surface area contributed by atoms with Crippen LogP contribution in [-0.2, 0) is 0 Å². The molecule has 3 heteroatoms. The Labute approximate surface area is 101 Å². The largest absolute Gasteiger partial charge is 0.327 e. The molecule has 1 rings (SSSR count). The van der Waals surface area contributed by atoms with Crippen molar-refractivity contribution in [3.8, 4) is 0 Å². The molecule has 2 N–H and O–H groups in total. The van der Waals surface area contributed by atoms with Gasteiger partial charge in [-0.2, -0.15) is 11.8 Å². The van der Waals surface area contributed by atoms with Crippen LogP contribution in [0.3, 0.4) is 0 Å². The smallest absolute Gasteiger partial charge is 0.0539 e. The summed E-state index contributed by atoms with van der Waals surface area (Å²) >= 11 is 3.82. The molecular formula is C12H21NS2. The van der Waals surface area contributed by atoms with Crippen molar-refractivity contribution in [1.82, 2.24) is 0 Å². The van der Waals surface area contributed by atoms with Crippen LogP contribution in [0.15, 0.2) is 17.5 Å². The third kappa shape index (κ3) is 4.17. The predicted octanol–water partition coefficient (Wildman–Crippen LogP) is 3.92. The molecule has 0 aliphatic rings. The van der Waals surface area contributed by atoms with Gasteiger partial charge in [-0.1, -0.05) is 26.3 Å². The maximum absolute atomic E-state index is 6.04. The highest BCUT2D eigenvalue weighted by molar-refractivity contribution is 7.99. The summed E-state index contributed by atoms with van der Waals surface area (Å²) < 4.78 is 0. The molecule has 0 aromatic carbocycles. The lowest BCUT2D eigenvalue weighted by molar-refractivity contribution is 0.632. The molecule has 0 spiro atoms. The van der Waals surface area contributed by atoms with Gasteiger partial charge in [-0.3, -0.25) is 0 Å². The molecule has 15 heavy (non-hydrogen) atoms. The SMILES string of the molecule is CCC(C)CSC(c1cccs1)C(C)N. The second-order valence-corrected chi connectivity index (χ2v) is 6.30. The number of rotatable bonds is 6. The molecule has 3 unspecified atom stereocenters. The molecule has 1 aromatic heterocycles. The molecule has 0 saturated heterocycles. The van der Waals surface area contributed by atoms with Crippen LogP contribution >= 0.6 is 23.1 Å². The molecule has 0 fully saturated rings. The fourth-order valence-corrected chi connectivity index (χ4v) is 3.84. The van der Waals surface area contributed by atoms with E-state index in [0.717, 1.165) is 5.92 Å². The standard InChI is InChI=1S/C12H21NS2/c1-4-9(2)8-15-12(10(3)13)11-6-5-7-14-11/h5-7,9-10,12H,4,8,13H2,1-3H3. The molecule has 0 radical (unpaired) electrons. The van der Waals surface area contributed by atoms with Crippen molar-refractivity contribution in [2.75, 3.05) is 5.75 Å². The molecule has 86 valence electrons. The summed E-state index contributed by atoms with van der Waals surface area (Å²) in [5.41, 5.74) is 6.04. The zero-order valence-corrected chi connectivity index (χ0v) is 11.4. The van der Waals surface area contributed by atoms with Crippen LogP contribution in [0.25, 0.3) is 0 Å². The first-order valence-corrected chi connectivity index (χ1v) is 7.48. The minimum absolute atomic E-state index is 0.234. The number of thiophene rings is 1. The van der Waals surface area contributed by atoms with E-state index in [9.17, 15) is 0 Å². The van der Waals surface area contributed by atoms with E-state index in [4.69, 9.17) is 5.73 Å². The van der Waals surface area contributed by atoms with E-state index in [1.807, 2.05) is 23.1 Å². The Bertz CT molecular complexity index is 257. The van der Waals surface area contributed by atoms with Crippen molar-refractivity contribution in [3.05, 3.63) is 22.4 Å². The van der Waals surface area contributed by atoms with Crippen molar-refractivity contribution < 1.29 is 0 Å². The van der Waals surface area contributed by atoms with Crippen LogP contribution < -0.4 is 5.73 Å². The fourth-order valence-electron chi connectivity index (χ4n) is 1.33. The number of thioether (sulfide) groups is 1. The van der Waals surface area contributed by atoms with Crippen LogP contribution in [0.1, 0.15) is 37.3 Å². The first-order valence-electron chi connectivity index (χ1n) is 5.55. The molecule has 0 aliphatic carbocycles. The monoisotopic (exact) mass is 243 g/mol. The highest BCUT2D eigenvalue weighted by Crippen LogP contribution is 2.35. The molecule has 0 amide bonds. The Morgan fingerprint density at radius 1 is 1.47 bits per heavy atom. The van der Waals surface area contributed by atoms with Crippen LogP contribution in [0.5, 0.6) is 0 Å². The number of hydrogen-bond acceptors (Lipinski definition) is 3. The van der Waals surface area contributed by atoms with Gasteiger partial charge in [0.05, 0.1) is 5.25 Å². The average molecular weight is 243 g/mol. The van der Waals surface area contributed by atoms with E-state index in [2.05, 4.69) is 38.3 Å². The number of hydrogen-bond donors (Lipinski definition) is 1. The topological polar surface area (TPSA) is 26.0 Å². The summed E-state index contributed by atoms with van der Waals surface area (Å²) in [6, 6.07) is 4.54. The van der Waals surface area contributed by atoms with E-state index in [1.165, 1.54) is 17.1 Å². The van der Waals surface area contributed by atoms with Gasteiger partial charge in [-0.05, 0) is 30.0 Å². The Morgan fingerprint density at radius 3 is 2.67 bits per heavy atom. The van der Waals surface area contributed by atoms with Gasteiger partial charge in [0.2, 0.25) is 0 Å². The van der Waals surface area contributed by atoms with E-state index in [-0.39, 0.29) is 6.04 Å². The Kier molecular flexibility index (Phi) is 5.72. The molecule has 1 heterocycles. The number of nitrogens with two attached hydrogens (primary N) is 1. The third-order valence-corrected chi connectivity index (χ3v) is 5.47. The summed E-state index contributed by atoms with van der Waals surface area (Å²) in [6.45, 7) is 6.66. The lowest BCUT2D eigenvalue weighted by Gasteiger charge is -2.20. The Hall–Kier alpha value is 0.01000.